The first-order valence-electron chi connectivity index (χ1n) is 12.3. The molecule has 36 heavy (non-hydrogen) atoms. The third-order valence-electron chi connectivity index (χ3n) is 6.28. The summed E-state index contributed by atoms with van der Waals surface area (Å²) in [4.78, 5) is 40.9. The van der Waals surface area contributed by atoms with Crippen molar-refractivity contribution in [3.05, 3.63) is 75.3 Å². The highest BCUT2D eigenvalue weighted by Crippen LogP contribution is 2.40. The monoisotopic (exact) mass is 495 g/mol. The molecule has 3 rings (SSSR count). The number of nitrogens with zero attached hydrogens (tertiary/aromatic N) is 3. The van der Waals surface area contributed by atoms with Gasteiger partial charge >= 0.3 is 0 Å². The molecule has 1 N–H and O–H groups in total. The summed E-state index contributed by atoms with van der Waals surface area (Å²) in [5.41, 5.74) is 0.485. The smallest absolute Gasteiger partial charge is 0.295 e. The average molecular weight is 496 g/mol. The number of carbonyl (C=O) groups excluding carboxylic acids is 2. The molecule has 9 heteroatoms. The highest BCUT2D eigenvalue weighted by Gasteiger charge is 2.46. The average Bonchev–Trinajstić information content (AvgIpc) is 3.14. The van der Waals surface area contributed by atoms with E-state index in [4.69, 9.17) is 4.74 Å². The Morgan fingerprint density at radius 1 is 1.11 bits per heavy atom. The molecule has 1 atom stereocenters. The van der Waals surface area contributed by atoms with Gasteiger partial charge in [0.25, 0.3) is 17.4 Å². The van der Waals surface area contributed by atoms with Gasteiger partial charge in [-0.2, -0.15) is 0 Å². The van der Waals surface area contributed by atoms with Crippen LogP contribution in [0, 0.1) is 10.1 Å². The van der Waals surface area contributed by atoms with Crippen LogP contribution in [0.5, 0.6) is 5.75 Å². The number of likely N-dealkylation sites (tertiary alicyclic amines) is 1. The van der Waals surface area contributed by atoms with E-state index in [1.165, 1.54) is 23.1 Å². The van der Waals surface area contributed by atoms with Crippen LogP contribution in [0.2, 0.25) is 0 Å². The van der Waals surface area contributed by atoms with Gasteiger partial charge in [0.2, 0.25) is 0 Å². The van der Waals surface area contributed by atoms with Gasteiger partial charge in [-0.1, -0.05) is 45.0 Å². The number of nitro groups is 1. The van der Waals surface area contributed by atoms with Crippen LogP contribution in [0.4, 0.5) is 5.69 Å². The van der Waals surface area contributed by atoms with Crippen molar-refractivity contribution in [3.8, 4) is 5.75 Å². The molecule has 0 aromatic heterocycles. The van der Waals surface area contributed by atoms with Crippen LogP contribution in [0.25, 0.3) is 5.76 Å². The van der Waals surface area contributed by atoms with Crippen LogP contribution in [-0.2, 0) is 9.59 Å². The van der Waals surface area contributed by atoms with Crippen molar-refractivity contribution < 1.29 is 24.4 Å². The standard InChI is InChI=1S/C27H33N3O6/c1-4-16-36-22-13-8-11-20(18-22)25(31)23-24(19-10-7-12-21(17-19)30(34)35)29(27(33)26(23)32)15-9-14-28(5-2)6-3/h7-8,10-13,17-18,24,31H,4-6,9,14-16H2,1-3H3/b25-23+. The van der Waals surface area contributed by atoms with Crippen LogP contribution in [0.1, 0.15) is 50.8 Å². The van der Waals surface area contributed by atoms with E-state index in [0.29, 0.717) is 29.9 Å². The van der Waals surface area contributed by atoms with Gasteiger partial charge in [0.05, 0.1) is 23.1 Å². The van der Waals surface area contributed by atoms with Gasteiger partial charge in [-0.25, -0.2) is 0 Å². The molecule has 9 nitrogen and oxygen atoms in total. The number of ether oxygens (including phenoxy) is 1. The van der Waals surface area contributed by atoms with Crippen LogP contribution in [0.3, 0.4) is 0 Å². The number of amides is 1. The Morgan fingerprint density at radius 2 is 1.83 bits per heavy atom. The van der Waals surface area contributed by atoms with Gasteiger partial charge in [0.15, 0.2) is 0 Å². The van der Waals surface area contributed by atoms with Crippen LogP contribution in [0.15, 0.2) is 54.1 Å². The zero-order chi connectivity index (χ0) is 26.2. The van der Waals surface area contributed by atoms with Gasteiger partial charge in [0, 0.05) is 24.2 Å². The van der Waals surface area contributed by atoms with E-state index >= 15 is 0 Å². The lowest BCUT2D eigenvalue weighted by Crippen LogP contribution is -2.33. The summed E-state index contributed by atoms with van der Waals surface area (Å²) in [5.74, 6) is -1.35. The summed E-state index contributed by atoms with van der Waals surface area (Å²) in [6.07, 6.45) is 1.42. The van der Waals surface area contributed by atoms with Crippen molar-refractivity contribution in [2.24, 2.45) is 0 Å². The Bertz CT molecular complexity index is 1140. The number of Topliss-reactive ketones (excluding diaryl/α,β-unsaturated/α-hetero) is 1. The Kier molecular flexibility index (Phi) is 9.19. The van der Waals surface area contributed by atoms with Gasteiger partial charge in [-0.3, -0.25) is 19.7 Å². The van der Waals surface area contributed by atoms with E-state index in [9.17, 15) is 24.8 Å². The van der Waals surface area contributed by atoms with Crippen molar-refractivity contribution in [1.82, 2.24) is 9.80 Å². The first-order valence-corrected chi connectivity index (χ1v) is 12.3. The van der Waals surface area contributed by atoms with Crippen molar-refractivity contribution in [3.63, 3.8) is 0 Å². The summed E-state index contributed by atoms with van der Waals surface area (Å²) < 4.78 is 5.65. The SMILES string of the molecule is CCCOc1cccc(/C(O)=C2\C(=O)C(=O)N(CCCN(CC)CC)C2c2cccc([N+](=O)[O-])c2)c1. The van der Waals surface area contributed by atoms with Crippen molar-refractivity contribution in [2.75, 3.05) is 32.8 Å². The topological polar surface area (TPSA) is 113 Å². The molecule has 0 saturated carbocycles. The van der Waals surface area contributed by atoms with E-state index in [2.05, 4.69) is 18.7 Å². The first kappa shape index (κ1) is 26.9. The van der Waals surface area contributed by atoms with Crippen LogP contribution in [-0.4, -0.2) is 64.3 Å². The van der Waals surface area contributed by atoms with Gasteiger partial charge in [-0.05, 0) is 50.2 Å². The van der Waals surface area contributed by atoms with E-state index in [0.717, 1.165) is 26.1 Å². The number of non-ortho nitro benzene ring substituents is 1. The van der Waals surface area contributed by atoms with Gasteiger partial charge in [0.1, 0.15) is 11.5 Å². The molecular formula is C27H33N3O6. The lowest BCUT2D eigenvalue weighted by Gasteiger charge is -2.26. The number of aliphatic hydroxyl groups excluding tert-OH is 1. The summed E-state index contributed by atoms with van der Waals surface area (Å²) in [6.45, 7) is 9.30. The molecule has 192 valence electrons. The van der Waals surface area contributed by atoms with Crippen LogP contribution >= 0.6 is 0 Å². The lowest BCUT2D eigenvalue weighted by atomic mass is 9.95. The highest BCUT2D eigenvalue weighted by atomic mass is 16.6. The Morgan fingerprint density at radius 3 is 2.50 bits per heavy atom. The van der Waals surface area contributed by atoms with E-state index < -0.39 is 22.7 Å². The Balaban J connectivity index is 2.07. The Hall–Kier alpha value is -3.72. The molecule has 0 radical (unpaired) electrons. The molecule has 1 heterocycles. The predicted molar refractivity (Wildman–Crippen MR) is 137 cm³/mol. The Labute approximate surface area is 211 Å². The van der Waals surface area contributed by atoms with E-state index in [1.807, 2.05) is 6.92 Å². The van der Waals surface area contributed by atoms with Gasteiger partial charge < -0.3 is 19.6 Å². The maximum absolute atomic E-state index is 13.2. The fourth-order valence-corrected chi connectivity index (χ4v) is 4.38. The predicted octanol–water partition coefficient (Wildman–Crippen LogP) is 4.54. The fourth-order valence-electron chi connectivity index (χ4n) is 4.38. The number of carbonyl (C=O) groups is 2. The second-order valence-electron chi connectivity index (χ2n) is 8.60. The molecule has 1 aliphatic heterocycles. The minimum absolute atomic E-state index is 0.0871. The third kappa shape index (κ3) is 5.91. The normalized spacial score (nSPS) is 17.1. The first-order chi connectivity index (χ1) is 17.3. The highest BCUT2D eigenvalue weighted by molar-refractivity contribution is 6.46. The number of aliphatic hydroxyl groups is 1. The molecule has 1 aliphatic rings. The van der Waals surface area contributed by atoms with Crippen LogP contribution < -0.4 is 4.74 Å². The largest absolute Gasteiger partial charge is 0.507 e. The molecule has 1 fully saturated rings. The molecule has 2 aromatic rings. The number of hydrogen-bond donors (Lipinski definition) is 1. The molecule has 0 aliphatic carbocycles. The number of ketones is 1. The van der Waals surface area contributed by atoms with Crippen molar-refractivity contribution in [2.45, 2.75) is 39.7 Å². The third-order valence-corrected chi connectivity index (χ3v) is 6.28. The lowest BCUT2D eigenvalue weighted by molar-refractivity contribution is -0.384. The number of rotatable bonds is 12. The second-order valence-corrected chi connectivity index (χ2v) is 8.60. The van der Waals surface area contributed by atoms with Gasteiger partial charge in [-0.15, -0.1) is 0 Å². The maximum Gasteiger partial charge on any atom is 0.295 e. The number of nitro benzene ring substituents is 1. The van der Waals surface area contributed by atoms with E-state index in [-0.39, 0.29) is 23.6 Å². The summed E-state index contributed by atoms with van der Waals surface area (Å²) in [6, 6.07) is 11.6. The molecule has 2 aromatic carbocycles. The fraction of sp³-hybridized carbons (Fsp3) is 0.407. The summed E-state index contributed by atoms with van der Waals surface area (Å²) in [5, 5.41) is 22.7. The molecule has 0 spiro atoms. The minimum Gasteiger partial charge on any atom is -0.507 e. The summed E-state index contributed by atoms with van der Waals surface area (Å²) in [7, 11) is 0. The zero-order valence-electron chi connectivity index (χ0n) is 21.0. The number of hydrogen-bond acceptors (Lipinski definition) is 7. The molecular weight excluding hydrogens is 462 g/mol. The molecule has 1 saturated heterocycles. The molecule has 1 unspecified atom stereocenters. The minimum atomic E-state index is -0.943. The quantitative estimate of drug-likeness (QED) is 0.151. The number of benzene rings is 2. The maximum atomic E-state index is 13.2. The van der Waals surface area contributed by atoms with Crippen molar-refractivity contribution >= 4 is 23.1 Å². The van der Waals surface area contributed by atoms with E-state index in [1.54, 1.807) is 30.3 Å². The molecule has 1 amide bonds. The molecule has 0 bridgehead atoms. The van der Waals surface area contributed by atoms with Crippen molar-refractivity contribution in [1.29, 1.82) is 0 Å². The zero-order valence-corrected chi connectivity index (χ0v) is 21.0. The summed E-state index contributed by atoms with van der Waals surface area (Å²) >= 11 is 0. The second kappa shape index (κ2) is 12.3.